The molecule has 0 saturated carbocycles. The van der Waals surface area contributed by atoms with Crippen molar-refractivity contribution in [2.24, 2.45) is 5.41 Å². The molecule has 1 unspecified atom stereocenters. The van der Waals surface area contributed by atoms with Gasteiger partial charge in [-0.05, 0) is 37.6 Å². The number of rotatable bonds is 2. The van der Waals surface area contributed by atoms with Gasteiger partial charge >= 0.3 is 0 Å². The van der Waals surface area contributed by atoms with Crippen LogP contribution in [0.5, 0.6) is 0 Å². The number of nitrogens with zero attached hydrogens (tertiary/aromatic N) is 1. The summed E-state index contributed by atoms with van der Waals surface area (Å²) in [5.41, 5.74) is 0.687. The first-order valence-corrected chi connectivity index (χ1v) is 6.91. The maximum absolute atomic E-state index is 13.9. The Morgan fingerprint density at radius 2 is 2.05 bits per heavy atom. The molecule has 108 valence electrons. The van der Waals surface area contributed by atoms with Crippen molar-refractivity contribution in [2.75, 3.05) is 19.6 Å². The van der Waals surface area contributed by atoms with Crippen LogP contribution in [-0.4, -0.2) is 30.4 Å². The summed E-state index contributed by atoms with van der Waals surface area (Å²) < 4.78 is 27.7. The van der Waals surface area contributed by atoms with Crippen molar-refractivity contribution in [3.63, 3.8) is 0 Å². The molecule has 1 aromatic rings. The molecule has 0 bridgehead atoms. The van der Waals surface area contributed by atoms with Crippen LogP contribution in [0.4, 0.5) is 8.78 Å². The SMILES string of the molecule is Cc1cc(F)c(CN2CCC3(CNC(=O)C3)C2)c(F)c1. The highest BCUT2D eigenvalue weighted by Gasteiger charge is 2.43. The Bertz CT molecular complexity index is 538. The van der Waals surface area contributed by atoms with Gasteiger partial charge in [0.05, 0.1) is 0 Å². The summed E-state index contributed by atoms with van der Waals surface area (Å²) in [5, 5.41) is 2.85. The quantitative estimate of drug-likeness (QED) is 0.898. The fourth-order valence-corrected chi connectivity index (χ4v) is 3.31. The molecule has 1 atom stereocenters. The van der Waals surface area contributed by atoms with Gasteiger partial charge in [-0.15, -0.1) is 0 Å². The number of hydrogen-bond donors (Lipinski definition) is 1. The van der Waals surface area contributed by atoms with Gasteiger partial charge < -0.3 is 5.32 Å². The Morgan fingerprint density at radius 1 is 1.35 bits per heavy atom. The molecule has 2 heterocycles. The number of nitrogens with one attached hydrogen (secondary N) is 1. The highest BCUT2D eigenvalue weighted by atomic mass is 19.1. The number of likely N-dealkylation sites (tertiary alicyclic amines) is 1. The Morgan fingerprint density at radius 3 is 2.65 bits per heavy atom. The van der Waals surface area contributed by atoms with E-state index in [4.69, 9.17) is 0 Å². The van der Waals surface area contributed by atoms with Gasteiger partial charge in [0.15, 0.2) is 0 Å². The number of aryl methyl sites for hydroxylation is 1. The first-order chi connectivity index (χ1) is 9.47. The molecule has 0 radical (unpaired) electrons. The number of hydrogen-bond acceptors (Lipinski definition) is 2. The summed E-state index contributed by atoms with van der Waals surface area (Å²) >= 11 is 0. The van der Waals surface area contributed by atoms with Crippen LogP contribution in [-0.2, 0) is 11.3 Å². The largest absolute Gasteiger partial charge is 0.355 e. The van der Waals surface area contributed by atoms with Crippen molar-refractivity contribution in [3.05, 3.63) is 34.9 Å². The maximum Gasteiger partial charge on any atom is 0.220 e. The third kappa shape index (κ3) is 2.42. The first-order valence-electron chi connectivity index (χ1n) is 6.91. The Labute approximate surface area is 117 Å². The summed E-state index contributed by atoms with van der Waals surface area (Å²) in [7, 11) is 0. The average Bonchev–Trinajstić information content (AvgIpc) is 2.91. The molecule has 1 N–H and O–H groups in total. The van der Waals surface area contributed by atoms with E-state index in [-0.39, 0.29) is 23.4 Å². The molecule has 2 aliphatic rings. The van der Waals surface area contributed by atoms with Crippen LogP contribution in [0.25, 0.3) is 0 Å². The second-order valence-electron chi connectivity index (χ2n) is 6.12. The van der Waals surface area contributed by atoms with Gasteiger partial charge in [-0.1, -0.05) is 0 Å². The van der Waals surface area contributed by atoms with Gasteiger partial charge in [0.1, 0.15) is 11.6 Å². The van der Waals surface area contributed by atoms with Crippen molar-refractivity contribution in [1.82, 2.24) is 10.2 Å². The summed E-state index contributed by atoms with van der Waals surface area (Å²) in [6.07, 6.45) is 1.43. The van der Waals surface area contributed by atoms with E-state index < -0.39 is 11.6 Å². The van der Waals surface area contributed by atoms with Crippen LogP contribution in [0.1, 0.15) is 24.0 Å². The van der Waals surface area contributed by atoms with Gasteiger partial charge in [0.2, 0.25) is 5.91 Å². The van der Waals surface area contributed by atoms with Crippen LogP contribution >= 0.6 is 0 Å². The molecule has 3 rings (SSSR count). The van der Waals surface area contributed by atoms with Crippen LogP contribution < -0.4 is 5.32 Å². The Balaban J connectivity index is 1.73. The zero-order valence-corrected chi connectivity index (χ0v) is 11.5. The molecule has 1 aromatic carbocycles. The molecule has 1 spiro atoms. The third-order valence-corrected chi connectivity index (χ3v) is 4.38. The second-order valence-corrected chi connectivity index (χ2v) is 6.12. The number of benzene rings is 1. The predicted molar refractivity (Wildman–Crippen MR) is 71.0 cm³/mol. The third-order valence-electron chi connectivity index (χ3n) is 4.38. The van der Waals surface area contributed by atoms with E-state index in [1.54, 1.807) is 6.92 Å². The van der Waals surface area contributed by atoms with Crippen molar-refractivity contribution < 1.29 is 13.6 Å². The maximum atomic E-state index is 13.9. The molecular formula is C15H18F2N2O. The highest BCUT2D eigenvalue weighted by Crippen LogP contribution is 2.37. The lowest BCUT2D eigenvalue weighted by molar-refractivity contribution is -0.119. The molecule has 1 amide bonds. The van der Waals surface area contributed by atoms with Gasteiger partial charge in [-0.2, -0.15) is 0 Å². The molecule has 0 aliphatic carbocycles. The fourth-order valence-electron chi connectivity index (χ4n) is 3.31. The van der Waals surface area contributed by atoms with E-state index in [2.05, 4.69) is 5.32 Å². The zero-order chi connectivity index (χ0) is 14.3. The lowest BCUT2D eigenvalue weighted by Crippen LogP contribution is -2.29. The van der Waals surface area contributed by atoms with Gasteiger partial charge in [-0.25, -0.2) is 8.78 Å². The number of carbonyl (C=O) groups is 1. The lowest BCUT2D eigenvalue weighted by Gasteiger charge is -2.22. The monoisotopic (exact) mass is 280 g/mol. The van der Waals surface area contributed by atoms with Crippen LogP contribution in [0.15, 0.2) is 12.1 Å². The second kappa shape index (κ2) is 4.81. The fraction of sp³-hybridized carbons (Fsp3) is 0.533. The number of halogens is 2. The number of carbonyl (C=O) groups excluding carboxylic acids is 1. The molecule has 3 nitrogen and oxygen atoms in total. The van der Waals surface area contributed by atoms with E-state index in [0.717, 1.165) is 19.5 Å². The van der Waals surface area contributed by atoms with Gasteiger partial charge in [0, 0.05) is 37.0 Å². The molecular weight excluding hydrogens is 262 g/mol. The molecule has 0 aromatic heterocycles. The average molecular weight is 280 g/mol. The van der Waals surface area contributed by atoms with E-state index >= 15 is 0 Å². The topological polar surface area (TPSA) is 32.3 Å². The minimum atomic E-state index is -0.482. The summed E-state index contributed by atoms with van der Waals surface area (Å²) in [6, 6.07) is 2.73. The summed E-state index contributed by atoms with van der Waals surface area (Å²) in [5.74, 6) is -0.882. The van der Waals surface area contributed by atoms with Gasteiger partial charge in [0.25, 0.3) is 0 Å². The van der Waals surface area contributed by atoms with Crippen molar-refractivity contribution >= 4 is 5.91 Å². The molecule has 2 saturated heterocycles. The van der Waals surface area contributed by atoms with Crippen LogP contribution in [0.2, 0.25) is 0 Å². The zero-order valence-electron chi connectivity index (χ0n) is 11.5. The molecule has 2 fully saturated rings. The normalized spacial score (nSPS) is 26.4. The van der Waals surface area contributed by atoms with Crippen molar-refractivity contribution in [1.29, 1.82) is 0 Å². The minimum Gasteiger partial charge on any atom is -0.355 e. The van der Waals surface area contributed by atoms with E-state index in [9.17, 15) is 13.6 Å². The van der Waals surface area contributed by atoms with Crippen molar-refractivity contribution in [3.8, 4) is 0 Å². The molecule has 2 aliphatic heterocycles. The first kappa shape index (κ1) is 13.5. The van der Waals surface area contributed by atoms with Crippen molar-refractivity contribution in [2.45, 2.75) is 26.3 Å². The summed E-state index contributed by atoms with van der Waals surface area (Å²) in [6.45, 7) is 4.13. The Hall–Kier alpha value is -1.49. The van der Waals surface area contributed by atoms with Crippen LogP contribution in [0.3, 0.4) is 0 Å². The molecule has 20 heavy (non-hydrogen) atoms. The Kier molecular flexibility index (Phi) is 3.24. The highest BCUT2D eigenvalue weighted by molar-refractivity contribution is 5.79. The van der Waals surface area contributed by atoms with Crippen LogP contribution in [0, 0.1) is 24.0 Å². The van der Waals surface area contributed by atoms with E-state index in [0.29, 0.717) is 18.5 Å². The van der Waals surface area contributed by atoms with E-state index in [1.165, 1.54) is 12.1 Å². The smallest absolute Gasteiger partial charge is 0.220 e. The lowest BCUT2D eigenvalue weighted by atomic mass is 9.86. The van der Waals surface area contributed by atoms with Gasteiger partial charge in [-0.3, -0.25) is 9.69 Å². The standard InChI is InChI=1S/C15H18F2N2O/c1-10-4-12(16)11(13(17)5-10)7-19-3-2-15(9-19)6-14(20)18-8-15/h4-5H,2-3,6-9H2,1H3,(H,18,20). The predicted octanol–water partition coefficient (Wildman–Crippen LogP) is 1.99. The minimum absolute atomic E-state index is 0.0330. The molecule has 5 heteroatoms. The summed E-state index contributed by atoms with van der Waals surface area (Å²) in [4.78, 5) is 13.4. The number of amides is 1. The van der Waals surface area contributed by atoms with E-state index in [1.807, 2.05) is 4.90 Å².